The highest BCUT2D eigenvalue weighted by atomic mass is 32.1. The zero-order valence-electron chi connectivity index (χ0n) is 7.33. The molecular formula is C9H9N3OS. The Morgan fingerprint density at radius 1 is 1.57 bits per heavy atom. The van der Waals surface area contributed by atoms with E-state index >= 15 is 0 Å². The maximum Gasteiger partial charge on any atom is 0.254 e. The van der Waals surface area contributed by atoms with Gasteiger partial charge in [0.1, 0.15) is 0 Å². The summed E-state index contributed by atoms with van der Waals surface area (Å²) in [5, 5.41) is 5.68. The molecule has 5 heteroatoms. The van der Waals surface area contributed by atoms with Crippen LogP contribution in [0.3, 0.4) is 0 Å². The van der Waals surface area contributed by atoms with Crippen LogP contribution in [-0.2, 0) is 6.54 Å². The molecule has 0 aliphatic carbocycles. The van der Waals surface area contributed by atoms with E-state index in [4.69, 9.17) is 18.0 Å². The van der Waals surface area contributed by atoms with Gasteiger partial charge in [0.15, 0.2) is 5.11 Å². The SMILES string of the molecule is NC(=S)Nc1cccc2c1C(=O)NC2. The second kappa shape index (κ2) is 3.26. The molecule has 1 amide bonds. The van der Waals surface area contributed by atoms with Crippen molar-refractivity contribution in [1.82, 2.24) is 5.32 Å². The van der Waals surface area contributed by atoms with Crippen LogP contribution in [0.15, 0.2) is 18.2 Å². The lowest BCUT2D eigenvalue weighted by Crippen LogP contribution is -2.21. The topological polar surface area (TPSA) is 67.1 Å². The Morgan fingerprint density at radius 3 is 3.07 bits per heavy atom. The Bertz CT molecular complexity index is 417. The first-order chi connectivity index (χ1) is 6.68. The molecule has 4 N–H and O–H groups in total. The van der Waals surface area contributed by atoms with Gasteiger partial charge in [-0.25, -0.2) is 0 Å². The lowest BCUT2D eigenvalue weighted by atomic mass is 10.1. The molecule has 1 aliphatic heterocycles. The summed E-state index contributed by atoms with van der Waals surface area (Å²) in [6, 6.07) is 5.54. The predicted molar refractivity (Wildman–Crippen MR) is 58.0 cm³/mol. The quantitative estimate of drug-likeness (QED) is 0.589. The van der Waals surface area contributed by atoms with Gasteiger partial charge in [-0.2, -0.15) is 0 Å². The monoisotopic (exact) mass is 207 g/mol. The Morgan fingerprint density at radius 2 is 2.36 bits per heavy atom. The van der Waals surface area contributed by atoms with E-state index in [0.29, 0.717) is 17.8 Å². The van der Waals surface area contributed by atoms with Gasteiger partial charge in [0, 0.05) is 6.54 Å². The number of amides is 1. The number of carbonyl (C=O) groups is 1. The van der Waals surface area contributed by atoms with Crippen LogP contribution in [-0.4, -0.2) is 11.0 Å². The minimum Gasteiger partial charge on any atom is -0.376 e. The highest BCUT2D eigenvalue weighted by Crippen LogP contribution is 2.23. The predicted octanol–water partition coefficient (Wildman–Crippen LogP) is 0.586. The fourth-order valence-corrected chi connectivity index (χ4v) is 1.63. The van der Waals surface area contributed by atoms with Crippen molar-refractivity contribution in [2.75, 3.05) is 5.32 Å². The van der Waals surface area contributed by atoms with Crippen LogP contribution < -0.4 is 16.4 Å². The smallest absolute Gasteiger partial charge is 0.254 e. The minimum absolute atomic E-state index is 0.0839. The van der Waals surface area contributed by atoms with Gasteiger partial charge in [-0.3, -0.25) is 4.79 Å². The molecule has 1 heterocycles. The van der Waals surface area contributed by atoms with Crippen molar-refractivity contribution in [3.63, 3.8) is 0 Å². The van der Waals surface area contributed by atoms with Crippen molar-refractivity contribution in [2.24, 2.45) is 5.73 Å². The first-order valence-corrected chi connectivity index (χ1v) is 4.56. The third kappa shape index (κ3) is 1.42. The molecule has 2 rings (SSSR count). The number of benzene rings is 1. The van der Waals surface area contributed by atoms with Crippen LogP contribution in [0.25, 0.3) is 0 Å². The van der Waals surface area contributed by atoms with Gasteiger partial charge in [0.25, 0.3) is 5.91 Å². The summed E-state index contributed by atoms with van der Waals surface area (Å²) in [6.45, 7) is 0.570. The molecule has 14 heavy (non-hydrogen) atoms. The van der Waals surface area contributed by atoms with E-state index in [-0.39, 0.29) is 11.0 Å². The maximum atomic E-state index is 11.4. The van der Waals surface area contributed by atoms with Crippen LogP contribution >= 0.6 is 12.2 Å². The van der Waals surface area contributed by atoms with E-state index in [0.717, 1.165) is 5.56 Å². The first-order valence-electron chi connectivity index (χ1n) is 4.15. The average Bonchev–Trinajstić information content (AvgIpc) is 2.48. The van der Waals surface area contributed by atoms with Gasteiger partial charge < -0.3 is 16.4 Å². The van der Waals surface area contributed by atoms with Gasteiger partial charge in [-0.15, -0.1) is 0 Å². The van der Waals surface area contributed by atoms with Crippen molar-refractivity contribution in [1.29, 1.82) is 0 Å². The van der Waals surface area contributed by atoms with Gasteiger partial charge in [-0.05, 0) is 23.8 Å². The zero-order valence-corrected chi connectivity index (χ0v) is 8.15. The summed E-state index contributed by atoms with van der Waals surface area (Å²) in [6.07, 6.45) is 0. The number of thiocarbonyl (C=S) groups is 1. The molecule has 1 aromatic rings. The lowest BCUT2D eigenvalue weighted by molar-refractivity contribution is 0.0966. The van der Waals surface area contributed by atoms with E-state index in [1.165, 1.54) is 0 Å². The van der Waals surface area contributed by atoms with Gasteiger partial charge >= 0.3 is 0 Å². The molecule has 4 nitrogen and oxygen atoms in total. The van der Waals surface area contributed by atoms with Crippen molar-refractivity contribution in [3.8, 4) is 0 Å². The molecule has 0 bridgehead atoms. The summed E-state index contributed by atoms with van der Waals surface area (Å²) in [7, 11) is 0. The molecule has 0 spiro atoms. The molecular weight excluding hydrogens is 198 g/mol. The third-order valence-electron chi connectivity index (χ3n) is 2.08. The number of anilines is 1. The van der Waals surface area contributed by atoms with Crippen LogP contribution in [0.5, 0.6) is 0 Å². The summed E-state index contributed by atoms with van der Waals surface area (Å²) in [5.41, 5.74) is 7.63. The van der Waals surface area contributed by atoms with E-state index < -0.39 is 0 Å². The highest BCUT2D eigenvalue weighted by molar-refractivity contribution is 7.80. The molecule has 0 atom stereocenters. The molecule has 1 aliphatic rings. The van der Waals surface area contributed by atoms with E-state index in [2.05, 4.69) is 10.6 Å². The van der Waals surface area contributed by atoms with Crippen molar-refractivity contribution in [3.05, 3.63) is 29.3 Å². The maximum absolute atomic E-state index is 11.4. The second-order valence-electron chi connectivity index (χ2n) is 3.01. The number of carbonyl (C=O) groups excluding carboxylic acids is 1. The number of hydrogen-bond acceptors (Lipinski definition) is 2. The summed E-state index contributed by atoms with van der Waals surface area (Å²) < 4.78 is 0. The lowest BCUT2D eigenvalue weighted by Gasteiger charge is -2.07. The summed E-state index contributed by atoms with van der Waals surface area (Å²) >= 11 is 4.72. The molecule has 0 unspecified atom stereocenters. The molecule has 0 fully saturated rings. The fraction of sp³-hybridized carbons (Fsp3) is 0.111. The Kier molecular flexibility index (Phi) is 2.09. The first kappa shape index (κ1) is 8.96. The summed E-state index contributed by atoms with van der Waals surface area (Å²) in [4.78, 5) is 11.4. The fourth-order valence-electron chi connectivity index (χ4n) is 1.52. The second-order valence-corrected chi connectivity index (χ2v) is 3.45. The molecule has 0 saturated carbocycles. The largest absolute Gasteiger partial charge is 0.376 e. The van der Waals surface area contributed by atoms with E-state index in [1.54, 1.807) is 6.07 Å². The number of nitrogens with two attached hydrogens (primary N) is 1. The number of hydrogen-bond donors (Lipinski definition) is 3. The molecule has 0 aromatic heterocycles. The van der Waals surface area contributed by atoms with Crippen LogP contribution in [0.2, 0.25) is 0 Å². The number of rotatable bonds is 1. The average molecular weight is 207 g/mol. The van der Waals surface area contributed by atoms with E-state index in [9.17, 15) is 4.79 Å². The van der Waals surface area contributed by atoms with Gasteiger partial charge in [-0.1, -0.05) is 12.1 Å². The Hall–Kier alpha value is -1.62. The summed E-state index contributed by atoms with van der Waals surface area (Å²) in [5.74, 6) is -0.0839. The number of nitrogens with one attached hydrogen (secondary N) is 2. The van der Waals surface area contributed by atoms with Crippen molar-refractivity contribution < 1.29 is 4.79 Å². The van der Waals surface area contributed by atoms with Crippen LogP contribution in [0.4, 0.5) is 5.69 Å². The van der Waals surface area contributed by atoms with Gasteiger partial charge in [0.2, 0.25) is 0 Å². The number of fused-ring (bicyclic) bond motifs is 1. The van der Waals surface area contributed by atoms with E-state index in [1.807, 2.05) is 12.1 Å². The molecule has 1 aromatic carbocycles. The minimum atomic E-state index is -0.0839. The highest BCUT2D eigenvalue weighted by Gasteiger charge is 2.21. The zero-order chi connectivity index (χ0) is 10.1. The third-order valence-corrected chi connectivity index (χ3v) is 2.18. The Balaban J connectivity index is 2.46. The van der Waals surface area contributed by atoms with Gasteiger partial charge in [0.05, 0.1) is 11.3 Å². The Labute approximate surface area is 86.5 Å². The molecule has 0 radical (unpaired) electrons. The standard InChI is InChI=1S/C9H9N3OS/c10-9(14)12-6-3-1-2-5-4-11-8(13)7(5)6/h1-3H,4H2,(H,11,13)(H3,10,12,14). The van der Waals surface area contributed by atoms with Crippen LogP contribution in [0, 0.1) is 0 Å². The van der Waals surface area contributed by atoms with Crippen LogP contribution in [0.1, 0.15) is 15.9 Å². The molecule has 72 valence electrons. The van der Waals surface area contributed by atoms with Crippen molar-refractivity contribution in [2.45, 2.75) is 6.54 Å². The molecule has 0 saturated heterocycles. The normalized spacial score (nSPS) is 13.3. The van der Waals surface area contributed by atoms with Crippen molar-refractivity contribution >= 4 is 28.9 Å².